The van der Waals surface area contributed by atoms with E-state index in [1.807, 2.05) is 0 Å². The van der Waals surface area contributed by atoms with E-state index in [1.165, 1.54) is 6.07 Å². The minimum atomic E-state index is -1.17. The van der Waals surface area contributed by atoms with E-state index in [1.54, 1.807) is 31.2 Å². The van der Waals surface area contributed by atoms with Gasteiger partial charge in [0.2, 0.25) is 0 Å². The van der Waals surface area contributed by atoms with Crippen molar-refractivity contribution < 1.29 is 14.3 Å². The van der Waals surface area contributed by atoms with Crippen molar-refractivity contribution >= 4 is 23.4 Å². The smallest absolute Gasteiger partial charge is 0.376 e. The molecule has 0 N–H and O–H groups in total. The lowest BCUT2D eigenvalue weighted by atomic mass is 9.96. The average molecular weight is 252 g/mol. The second-order valence-corrected chi connectivity index (χ2v) is 3.64. The number of carbonyl (C=O) groups excluding carboxylic acids is 2. The Morgan fingerprint density at radius 1 is 1.53 bits per heavy atom. The average Bonchev–Trinajstić information content (AvgIpc) is 2.30. The molecule has 0 amide bonds. The highest BCUT2D eigenvalue weighted by molar-refractivity contribution is 6.36. The van der Waals surface area contributed by atoms with Gasteiger partial charge in [0.1, 0.15) is 5.92 Å². The van der Waals surface area contributed by atoms with Crippen molar-refractivity contribution in [1.29, 1.82) is 5.26 Å². The van der Waals surface area contributed by atoms with E-state index in [4.69, 9.17) is 16.9 Å². The largest absolute Gasteiger partial charge is 0.460 e. The van der Waals surface area contributed by atoms with Crippen molar-refractivity contribution in [2.45, 2.75) is 12.8 Å². The first-order chi connectivity index (χ1) is 8.10. The van der Waals surface area contributed by atoms with Crippen LogP contribution in [0.5, 0.6) is 0 Å². The van der Waals surface area contributed by atoms with Gasteiger partial charge in [-0.3, -0.25) is 4.79 Å². The molecule has 0 bridgehead atoms. The molecule has 0 heterocycles. The molecule has 0 aromatic heterocycles. The SMILES string of the molecule is CCOC(=O)C(=O)C(C#N)c1cccc(Cl)c1. The predicted molar refractivity (Wildman–Crippen MR) is 61.4 cm³/mol. The van der Waals surface area contributed by atoms with Crippen LogP contribution in [0.25, 0.3) is 0 Å². The van der Waals surface area contributed by atoms with Crippen molar-refractivity contribution in [3.63, 3.8) is 0 Å². The summed E-state index contributed by atoms with van der Waals surface area (Å²) < 4.78 is 4.57. The summed E-state index contributed by atoms with van der Waals surface area (Å²) >= 11 is 5.75. The van der Waals surface area contributed by atoms with E-state index < -0.39 is 17.7 Å². The highest BCUT2D eigenvalue weighted by Crippen LogP contribution is 2.20. The first kappa shape index (κ1) is 13.2. The normalized spacial score (nSPS) is 11.4. The molecule has 0 fully saturated rings. The number of hydrogen-bond acceptors (Lipinski definition) is 4. The Balaban J connectivity index is 2.97. The number of Topliss-reactive ketones (excluding diaryl/α,β-unsaturated/α-hetero) is 1. The van der Waals surface area contributed by atoms with Gasteiger partial charge in [0.15, 0.2) is 0 Å². The van der Waals surface area contributed by atoms with Gasteiger partial charge in [0, 0.05) is 5.02 Å². The third-order valence-electron chi connectivity index (χ3n) is 2.05. The Morgan fingerprint density at radius 3 is 2.76 bits per heavy atom. The van der Waals surface area contributed by atoms with E-state index in [0.717, 1.165) is 0 Å². The highest BCUT2D eigenvalue weighted by atomic mass is 35.5. The first-order valence-electron chi connectivity index (χ1n) is 4.96. The van der Waals surface area contributed by atoms with Crippen LogP contribution in [0.2, 0.25) is 5.02 Å². The maximum absolute atomic E-state index is 11.6. The number of ketones is 1. The zero-order valence-electron chi connectivity index (χ0n) is 9.14. The lowest BCUT2D eigenvalue weighted by Gasteiger charge is -2.07. The monoisotopic (exact) mass is 251 g/mol. The highest BCUT2D eigenvalue weighted by Gasteiger charge is 2.27. The molecule has 0 saturated carbocycles. The number of hydrogen-bond donors (Lipinski definition) is 0. The van der Waals surface area contributed by atoms with Crippen LogP contribution < -0.4 is 0 Å². The van der Waals surface area contributed by atoms with Crippen molar-refractivity contribution in [3.05, 3.63) is 34.9 Å². The van der Waals surface area contributed by atoms with E-state index >= 15 is 0 Å². The van der Waals surface area contributed by atoms with Gasteiger partial charge < -0.3 is 4.74 Å². The van der Waals surface area contributed by atoms with Crippen LogP contribution in [-0.2, 0) is 14.3 Å². The molecule has 0 aliphatic carbocycles. The summed E-state index contributed by atoms with van der Waals surface area (Å²) in [6.45, 7) is 1.68. The van der Waals surface area contributed by atoms with Gasteiger partial charge in [-0.1, -0.05) is 23.7 Å². The van der Waals surface area contributed by atoms with Gasteiger partial charge in [-0.2, -0.15) is 5.26 Å². The third-order valence-corrected chi connectivity index (χ3v) is 2.29. The zero-order chi connectivity index (χ0) is 12.8. The summed E-state index contributed by atoms with van der Waals surface area (Å²) in [5, 5.41) is 9.34. The van der Waals surface area contributed by atoms with Gasteiger partial charge in [-0.05, 0) is 24.6 Å². The molecule has 4 nitrogen and oxygen atoms in total. The van der Waals surface area contributed by atoms with E-state index in [2.05, 4.69) is 4.74 Å². The molecule has 0 radical (unpaired) electrons. The summed E-state index contributed by atoms with van der Waals surface area (Å²) in [7, 11) is 0. The Hall–Kier alpha value is -1.86. The molecule has 88 valence electrons. The number of ether oxygens (including phenoxy) is 1. The van der Waals surface area contributed by atoms with Crippen molar-refractivity contribution in [2.24, 2.45) is 0 Å². The fourth-order valence-electron chi connectivity index (χ4n) is 1.29. The van der Waals surface area contributed by atoms with E-state index in [9.17, 15) is 9.59 Å². The fraction of sp³-hybridized carbons (Fsp3) is 0.250. The minimum Gasteiger partial charge on any atom is -0.460 e. The van der Waals surface area contributed by atoms with Gasteiger partial charge in [0.25, 0.3) is 5.78 Å². The van der Waals surface area contributed by atoms with Crippen LogP contribution in [0.3, 0.4) is 0 Å². The first-order valence-corrected chi connectivity index (χ1v) is 5.34. The standard InChI is InChI=1S/C12H10ClNO3/c1-2-17-12(16)11(15)10(7-14)8-4-3-5-9(13)6-8/h3-6,10H,2H2,1H3. The lowest BCUT2D eigenvalue weighted by Crippen LogP contribution is -2.23. The summed E-state index contributed by atoms with van der Waals surface area (Å²) in [5.41, 5.74) is 0.387. The fourth-order valence-corrected chi connectivity index (χ4v) is 1.49. The molecule has 17 heavy (non-hydrogen) atoms. The number of benzene rings is 1. The Kier molecular flexibility index (Phi) is 4.68. The van der Waals surface area contributed by atoms with E-state index in [-0.39, 0.29) is 6.61 Å². The van der Waals surface area contributed by atoms with Gasteiger partial charge >= 0.3 is 5.97 Å². The zero-order valence-corrected chi connectivity index (χ0v) is 9.90. The second-order valence-electron chi connectivity index (χ2n) is 3.20. The van der Waals surface area contributed by atoms with Crippen LogP contribution in [-0.4, -0.2) is 18.4 Å². The topological polar surface area (TPSA) is 67.2 Å². The maximum Gasteiger partial charge on any atom is 0.376 e. The molecule has 1 aromatic rings. The Labute approximate surface area is 104 Å². The van der Waals surface area contributed by atoms with Gasteiger partial charge in [-0.15, -0.1) is 0 Å². The molecule has 5 heteroatoms. The van der Waals surface area contributed by atoms with Crippen LogP contribution in [0, 0.1) is 11.3 Å². The summed E-state index contributed by atoms with van der Waals surface area (Å²) in [5.74, 6) is -3.05. The predicted octanol–water partition coefficient (Wildman–Crippen LogP) is 2.08. The van der Waals surface area contributed by atoms with Crippen LogP contribution in [0.15, 0.2) is 24.3 Å². The molecular formula is C12H10ClNO3. The number of halogens is 1. The van der Waals surface area contributed by atoms with Crippen LogP contribution in [0.4, 0.5) is 0 Å². The third kappa shape index (κ3) is 3.30. The number of nitriles is 1. The quantitative estimate of drug-likeness (QED) is 0.607. The van der Waals surface area contributed by atoms with Crippen molar-refractivity contribution in [2.75, 3.05) is 6.61 Å². The summed E-state index contributed by atoms with van der Waals surface area (Å²) in [4.78, 5) is 22.9. The molecule has 0 aliphatic heterocycles. The number of carbonyl (C=O) groups is 2. The molecule has 1 unspecified atom stereocenters. The molecular weight excluding hydrogens is 242 g/mol. The summed E-state index contributed by atoms with van der Waals surface area (Å²) in [6, 6.07) is 8.05. The molecule has 1 atom stereocenters. The number of nitrogens with zero attached hydrogens (tertiary/aromatic N) is 1. The maximum atomic E-state index is 11.6. The molecule has 1 aromatic carbocycles. The molecule has 0 saturated heterocycles. The van der Waals surface area contributed by atoms with E-state index in [0.29, 0.717) is 10.6 Å². The van der Waals surface area contributed by atoms with Crippen LogP contribution >= 0.6 is 11.6 Å². The molecule has 1 rings (SSSR count). The van der Waals surface area contributed by atoms with Gasteiger partial charge in [0.05, 0.1) is 12.7 Å². The van der Waals surface area contributed by atoms with Crippen molar-refractivity contribution in [3.8, 4) is 6.07 Å². The lowest BCUT2D eigenvalue weighted by molar-refractivity contribution is -0.153. The number of rotatable bonds is 4. The Morgan fingerprint density at radius 2 is 2.24 bits per heavy atom. The molecule has 0 aliphatic rings. The van der Waals surface area contributed by atoms with Gasteiger partial charge in [-0.25, -0.2) is 4.79 Å². The van der Waals surface area contributed by atoms with Crippen LogP contribution in [0.1, 0.15) is 18.4 Å². The minimum absolute atomic E-state index is 0.0955. The Bertz CT molecular complexity index is 479. The summed E-state index contributed by atoms with van der Waals surface area (Å²) in [6.07, 6.45) is 0. The second kappa shape index (κ2) is 6.02. The van der Waals surface area contributed by atoms with Crippen molar-refractivity contribution in [1.82, 2.24) is 0 Å². The molecule has 0 spiro atoms. The number of esters is 1.